The lowest BCUT2D eigenvalue weighted by Gasteiger charge is -2.25. The molecule has 1 aliphatic heterocycles. The molecule has 0 radical (unpaired) electrons. The van der Waals surface area contributed by atoms with Gasteiger partial charge in [0.1, 0.15) is 5.76 Å². The van der Waals surface area contributed by atoms with E-state index < -0.39 is 17.7 Å². The van der Waals surface area contributed by atoms with E-state index in [9.17, 15) is 19.5 Å². The molecule has 31 heavy (non-hydrogen) atoms. The van der Waals surface area contributed by atoms with Crippen molar-refractivity contribution in [2.75, 3.05) is 4.90 Å². The first-order valence-corrected chi connectivity index (χ1v) is 9.99. The third-order valence-corrected chi connectivity index (χ3v) is 5.48. The van der Waals surface area contributed by atoms with Crippen molar-refractivity contribution in [2.24, 2.45) is 0 Å². The van der Waals surface area contributed by atoms with Crippen LogP contribution in [0.4, 0.5) is 5.69 Å². The molecule has 5 nitrogen and oxygen atoms in total. The average Bonchev–Trinajstić information content (AvgIpc) is 3.05. The fourth-order valence-corrected chi connectivity index (χ4v) is 3.79. The Hall–Kier alpha value is -3.70. The Bertz CT molecular complexity index is 1200. The maximum atomic E-state index is 13.1. The Balaban J connectivity index is 1.91. The second-order valence-electron chi connectivity index (χ2n) is 7.19. The van der Waals surface area contributed by atoms with Crippen molar-refractivity contribution < 1.29 is 19.5 Å². The Labute approximate surface area is 184 Å². The lowest BCUT2D eigenvalue weighted by atomic mass is 9.95. The van der Waals surface area contributed by atoms with Gasteiger partial charge in [-0.1, -0.05) is 54.1 Å². The molecule has 1 saturated heterocycles. The minimum Gasteiger partial charge on any atom is -0.507 e. The number of rotatable bonds is 4. The van der Waals surface area contributed by atoms with E-state index in [4.69, 9.17) is 11.6 Å². The third kappa shape index (κ3) is 3.76. The Morgan fingerprint density at radius 3 is 2.06 bits per heavy atom. The van der Waals surface area contributed by atoms with Crippen LogP contribution in [0.2, 0.25) is 5.02 Å². The number of aliphatic hydroxyl groups excluding tert-OH is 1. The molecule has 1 aliphatic rings. The first-order chi connectivity index (χ1) is 14.9. The van der Waals surface area contributed by atoms with Crippen molar-refractivity contribution in [3.8, 4) is 0 Å². The quantitative estimate of drug-likeness (QED) is 0.267. The fourth-order valence-electron chi connectivity index (χ4n) is 3.67. The van der Waals surface area contributed by atoms with Gasteiger partial charge < -0.3 is 5.11 Å². The number of amides is 1. The molecule has 3 aromatic rings. The van der Waals surface area contributed by atoms with Gasteiger partial charge in [-0.05, 0) is 48.9 Å². The average molecular weight is 432 g/mol. The molecular weight excluding hydrogens is 414 g/mol. The Kier molecular flexibility index (Phi) is 5.44. The highest BCUT2D eigenvalue weighted by molar-refractivity contribution is 6.51. The van der Waals surface area contributed by atoms with Crippen LogP contribution in [0.3, 0.4) is 0 Å². The van der Waals surface area contributed by atoms with Gasteiger partial charge in [-0.15, -0.1) is 0 Å². The van der Waals surface area contributed by atoms with Crippen LogP contribution in [0, 0.1) is 0 Å². The van der Waals surface area contributed by atoms with Crippen LogP contribution in [0.1, 0.15) is 34.5 Å². The third-order valence-electron chi connectivity index (χ3n) is 5.23. The zero-order valence-electron chi connectivity index (χ0n) is 16.6. The van der Waals surface area contributed by atoms with Crippen molar-refractivity contribution >= 4 is 40.5 Å². The number of nitrogens with zero attached hydrogens (tertiary/aromatic N) is 1. The van der Waals surface area contributed by atoms with Crippen LogP contribution in [0.5, 0.6) is 0 Å². The summed E-state index contributed by atoms with van der Waals surface area (Å²) in [6.07, 6.45) is 0. The van der Waals surface area contributed by atoms with E-state index in [0.29, 0.717) is 27.4 Å². The van der Waals surface area contributed by atoms with Crippen LogP contribution in [0.15, 0.2) is 84.4 Å². The number of Topliss-reactive ketones (excluding diaryl/α,β-unsaturated/α-hetero) is 2. The number of carbonyl (C=O) groups excluding carboxylic acids is 3. The lowest BCUT2D eigenvalue weighted by Crippen LogP contribution is -2.29. The summed E-state index contributed by atoms with van der Waals surface area (Å²) < 4.78 is 0. The first-order valence-electron chi connectivity index (χ1n) is 9.61. The normalized spacial score (nSPS) is 17.7. The standard InChI is InChI=1S/C25H18ClNO4/c1-15(28)16-9-13-20(14-10-16)27-22(17-7-11-19(26)12-8-17)21(24(30)25(27)31)23(29)18-5-3-2-4-6-18/h2-14,22,29H,1H3/b23-21+/t22-/m0/s1. The van der Waals surface area contributed by atoms with E-state index in [0.717, 1.165) is 0 Å². The van der Waals surface area contributed by atoms with Crippen molar-refractivity contribution in [1.29, 1.82) is 0 Å². The molecule has 3 aromatic carbocycles. The smallest absolute Gasteiger partial charge is 0.300 e. The zero-order valence-corrected chi connectivity index (χ0v) is 17.3. The summed E-state index contributed by atoms with van der Waals surface area (Å²) in [5, 5.41) is 11.5. The molecule has 1 atom stereocenters. The number of benzene rings is 3. The van der Waals surface area contributed by atoms with Gasteiger partial charge in [0, 0.05) is 21.8 Å². The van der Waals surface area contributed by atoms with E-state index in [1.807, 2.05) is 0 Å². The molecule has 0 saturated carbocycles. The summed E-state index contributed by atoms with van der Waals surface area (Å²) in [6, 6.07) is 21.0. The molecular formula is C25H18ClNO4. The van der Waals surface area contributed by atoms with Gasteiger partial charge in [0.25, 0.3) is 11.7 Å². The van der Waals surface area contributed by atoms with E-state index in [-0.39, 0.29) is 17.1 Å². The highest BCUT2D eigenvalue weighted by Gasteiger charge is 2.46. The van der Waals surface area contributed by atoms with E-state index in [2.05, 4.69) is 0 Å². The first kappa shape index (κ1) is 20.6. The molecule has 0 unspecified atom stereocenters. The predicted molar refractivity (Wildman–Crippen MR) is 119 cm³/mol. The zero-order chi connectivity index (χ0) is 22.1. The topological polar surface area (TPSA) is 74.7 Å². The van der Waals surface area contributed by atoms with Crippen LogP contribution in [0.25, 0.3) is 5.76 Å². The van der Waals surface area contributed by atoms with Crippen LogP contribution in [-0.4, -0.2) is 22.6 Å². The lowest BCUT2D eigenvalue weighted by molar-refractivity contribution is -0.132. The van der Waals surface area contributed by atoms with E-state index in [1.165, 1.54) is 11.8 Å². The molecule has 0 bridgehead atoms. The molecule has 0 aliphatic carbocycles. The van der Waals surface area contributed by atoms with Gasteiger partial charge in [0.15, 0.2) is 5.78 Å². The monoisotopic (exact) mass is 431 g/mol. The minimum absolute atomic E-state index is 0.00540. The number of carbonyl (C=O) groups is 3. The largest absolute Gasteiger partial charge is 0.507 e. The second kappa shape index (κ2) is 8.20. The highest BCUT2D eigenvalue weighted by atomic mass is 35.5. The summed E-state index contributed by atoms with van der Waals surface area (Å²) in [4.78, 5) is 39.1. The Morgan fingerprint density at radius 2 is 1.48 bits per heavy atom. The molecule has 0 aromatic heterocycles. The number of aliphatic hydroxyl groups is 1. The van der Waals surface area contributed by atoms with Crippen molar-refractivity contribution in [3.63, 3.8) is 0 Å². The van der Waals surface area contributed by atoms with Gasteiger partial charge in [-0.3, -0.25) is 19.3 Å². The number of hydrogen-bond donors (Lipinski definition) is 1. The summed E-state index contributed by atoms with van der Waals surface area (Å²) in [6.45, 7) is 1.45. The molecule has 154 valence electrons. The second-order valence-corrected chi connectivity index (χ2v) is 7.63. The highest BCUT2D eigenvalue weighted by Crippen LogP contribution is 2.42. The number of anilines is 1. The van der Waals surface area contributed by atoms with Gasteiger partial charge in [-0.25, -0.2) is 0 Å². The number of ketones is 2. The Morgan fingerprint density at radius 1 is 0.871 bits per heavy atom. The predicted octanol–water partition coefficient (Wildman–Crippen LogP) is 5.17. The summed E-state index contributed by atoms with van der Waals surface area (Å²) >= 11 is 6.03. The van der Waals surface area contributed by atoms with Gasteiger partial charge in [-0.2, -0.15) is 0 Å². The van der Waals surface area contributed by atoms with Crippen molar-refractivity contribution in [1.82, 2.24) is 0 Å². The van der Waals surface area contributed by atoms with Gasteiger partial charge in [0.05, 0.1) is 11.6 Å². The summed E-state index contributed by atoms with van der Waals surface area (Å²) in [7, 11) is 0. The summed E-state index contributed by atoms with van der Waals surface area (Å²) in [5.74, 6) is -1.89. The maximum absolute atomic E-state index is 13.1. The van der Waals surface area contributed by atoms with Gasteiger partial charge >= 0.3 is 0 Å². The molecule has 1 N–H and O–H groups in total. The van der Waals surface area contributed by atoms with E-state index >= 15 is 0 Å². The van der Waals surface area contributed by atoms with E-state index in [1.54, 1.807) is 78.9 Å². The molecule has 1 fully saturated rings. The molecule has 1 heterocycles. The molecule has 0 spiro atoms. The fraction of sp³-hybridized carbons (Fsp3) is 0.0800. The summed E-state index contributed by atoms with van der Waals surface area (Å²) in [5.41, 5.74) is 1.99. The van der Waals surface area contributed by atoms with Crippen LogP contribution < -0.4 is 4.90 Å². The molecule has 4 rings (SSSR count). The van der Waals surface area contributed by atoms with Crippen LogP contribution in [-0.2, 0) is 9.59 Å². The number of hydrogen-bond acceptors (Lipinski definition) is 4. The SMILES string of the molecule is CC(=O)c1ccc(N2C(=O)C(=O)/C(=C(/O)c3ccccc3)[C@@H]2c2ccc(Cl)cc2)cc1. The van der Waals surface area contributed by atoms with Crippen molar-refractivity contribution in [2.45, 2.75) is 13.0 Å². The van der Waals surface area contributed by atoms with Crippen LogP contribution >= 0.6 is 11.6 Å². The number of halogens is 1. The van der Waals surface area contributed by atoms with Crippen molar-refractivity contribution in [3.05, 3.63) is 106 Å². The van der Waals surface area contributed by atoms with Gasteiger partial charge in [0.2, 0.25) is 0 Å². The molecule has 6 heteroatoms. The minimum atomic E-state index is -0.847. The maximum Gasteiger partial charge on any atom is 0.300 e. The molecule has 1 amide bonds.